The average Bonchev–Trinajstić information content (AvgIpc) is 2.55. The molecule has 5 heteroatoms. The first kappa shape index (κ1) is 10.1. The minimum atomic E-state index is -0.560. The molecule has 1 aromatic carbocycles. The topological polar surface area (TPSA) is 85.5 Å². The predicted octanol–water partition coefficient (Wildman–Crippen LogP) is 1.01. The number of benzene rings is 1. The first-order valence-electron chi connectivity index (χ1n) is 4.62. The molecule has 1 aliphatic heterocycles. The third-order valence-corrected chi connectivity index (χ3v) is 2.18. The molecule has 0 bridgehead atoms. The first-order chi connectivity index (χ1) is 7.72. The first-order valence-corrected chi connectivity index (χ1v) is 4.62. The van der Waals surface area contributed by atoms with Crippen molar-refractivity contribution in [2.45, 2.75) is 0 Å². The van der Waals surface area contributed by atoms with Crippen LogP contribution in [0.25, 0.3) is 6.08 Å². The van der Waals surface area contributed by atoms with Gasteiger partial charge in [0, 0.05) is 0 Å². The summed E-state index contributed by atoms with van der Waals surface area (Å²) in [5, 5.41) is 21.4. The minimum Gasteiger partial charge on any atom is -0.410 e. The number of hydrogen-bond donors (Lipinski definition) is 3. The van der Waals surface area contributed by atoms with Crippen molar-refractivity contribution < 1.29 is 10.0 Å². The van der Waals surface area contributed by atoms with Crippen LogP contribution >= 0.6 is 0 Å². The van der Waals surface area contributed by atoms with Gasteiger partial charge in [-0.05, 0) is 11.6 Å². The van der Waals surface area contributed by atoms with Gasteiger partial charge < -0.3 is 10.5 Å². The molecule has 80 valence electrons. The molecule has 0 spiro atoms. The van der Waals surface area contributed by atoms with E-state index in [0.717, 1.165) is 5.56 Å². The molecule has 0 radical (unpaired) electrons. The number of allylic oxidation sites excluding steroid dienone is 1. The second-order valence-electron chi connectivity index (χ2n) is 3.25. The number of amides is 1. The van der Waals surface area contributed by atoms with E-state index < -0.39 is 5.91 Å². The highest BCUT2D eigenvalue weighted by Gasteiger charge is 2.29. The van der Waals surface area contributed by atoms with Gasteiger partial charge in [0.05, 0.1) is 5.70 Å². The van der Waals surface area contributed by atoms with E-state index in [1.165, 1.54) is 0 Å². The molecule has 0 aromatic heterocycles. The highest BCUT2D eigenvalue weighted by molar-refractivity contribution is 6.73. The zero-order valence-electron chi connectivity index (χ0n) is 8.27. The number of carbonyl (C=O) groups excluding carboxylic acids is 1. The Kier molecular flexibility index (Phi) is 2.51. The van der Waals surface area contributed by atoms with Gasteiger partial charge in [-0.25, -0.2) is 0 Å². The van der Waals surface area contributed by atoms with Crippen LogP contribution in [0.1, 0.15) is 5.56 Å². The molecule has 16 heavy (non-hydrogen) atoms. The second-order valence-corrected chi connectivity index (χ2v) is 3.25. The molecule has 0 atom stereocenters. The molecular weight excluding hydrogens is 206 g/mol. The monoisotopic (exact) mass is 215 g/mol. The average molecular weight is 215 g/mol. The lowest BCUT2D eigenvalue weighted by Gasteiger charge is -1.96. The van der Waals surface area contributed by atoms with Crippen molar-refractivity contribution in [1.29, 1.82) is 5.41 Å². The van der Waals surface area contributed by atoms with Gasteiger partial charge in [0.25, 0.3) is 5.91 Å². The third-order valence-electron chi connectivity index (χ3n) is 2.18. The van der Waals surface area contributed by atoms with E-state index in [4.69, 9.17) is 10.6 Å². The maximum atomic E-state index is 11.2. The van der Waals surface area contributed by atoms with E-state index in [2.05, 4.69) is 10.5 Å². The van der Waals surface area contributed by atoms with Crippen LogP contribution < -0.4 is 5.32 Å². The minimum absolute atomic E-state index is 0.101. The van der Waals surface area contributed by atoms with Crippen molar-refractivity contribution >= 4 is 23.4 Å². The lowest BCUT2D eigenvalue weighted by Crippen LogP contribution is -2.18. The summed E-state index contributed by atoms with van der Waals surface area (Å²) in [4.78, 5) is 11.2. The summed E-state index contributed by atoms with van der Waals surface area (Å²) in [5.41, 5.74) is 0.837. The zero-order chi connectivity index (χ0) is 11.5. The second kappa shape index (κ2) is 3.98. The fourth-order valence-corrected chi connectivity index (χ4v) is 1.40. The van der Waals surface area contributed by atoms with Crippen LogP contribution in [0.5, 0.6) is 0 Å². The third kappa shape index (κ3) is 1.70. The SMILES string of the molecule is N=C1C(=Cc2ccccc2)NC(=O)C1=NO. The molecule has 0 aliphatic carbocycles. The maximum Gasteiger partial charge on any atom is 0.280 e. The van der Waals surface area contributed by atoms with Gasteiger partial charge in [-0.3, -0.25) is 10.2 Å². The molecule has 5 nitrogen and oxygen atoms in total. The van der Waals surface area contributed by atoms with Gasteiger partial charge in [0.2, 0.25) is 0 Å². The van der Waals surface area contributed by atoms with Gasteiger partial charge in [0.1, 0.15) is 5.71 Å². The molecule has 1 fully saturated rings. The van der Waals surface area contributed by atoms with Crippen LogP contribution in [0.4, 0.5) is 0 Å². The Bertz CT molecular complexity index is 503. The van der Waals surface area contributed by atoms with Crippen molar-refractivity contribution in [2.24, 2.45) is 5.16 Å². The van der Waals surface area contributed by atoms with E-state index in [0.29, 0.717) is 5.70 Å². The Morgan fingerprint density at radius 1 is 1.31 bits per heavy atom. The molecule has 0 unspecified atom stereocenters. The van der Waals surface area contributed by atoms with Crippen LogP contribution in [0.3, 0.4) is 0 Å². The summed E-state index contributed by atoms with van der Waals surface area (Å²) in [6.45, 7) is 0. The maximum absolute atomic E-state index is 11.2. The predicted molar refractivity (Wildman–Crippen MR) is 59.5 cm³/mol. The van der Waals surface area contributed by atoms with Crippen LogP contribution in [0.15, 0.2) is 41.2 Å². The molecule has 2 rings (SSSR count). The fourth-order valence-electron chi connectivity index (χ4n) is 1.40. The zero-order valence-corrected chi connectivity index (χ0v) is 8.27. The number of oxime groups is 1. The van der Waals surface area contributed by atoms with E-state index in [-0.39, 0.29) is 11.4 Å². The van der Waals surface area contributed by atoms with Gasteiger partial charge in [-0.15, -0.1) is 0 Å². The van der Waals surface area contributed by atoms with Crippen molar-refractivity contribution in [3.8, 4) is 0 Å². The molecule has 1 heterocycles. The lowest BCUT2D eigenvalue weighted by atomic mass is 10.1. The molecule has 1 aliphatic rings. The number of rotatable bonds is 1. The number of nitrogens with zero attached hydrogens (tertiary/aromatic N) is 1. The molecular formula is C11H9N3O2. The van der Waals surface area contributed by atoms with Crippen molar-refractivity contribution in [2.75, 3.05) is 0 Å². The van der Waals surface area contributed by atoms with E-state index in [1.54, 1.807) is 6.08 Å². The summed E-state index contributed by atoms with van der Waals surface area (Å²) in [6, 6.07) is 9.28. The van der Waals surface area contributed by atoms with E-state index in [1.807, 2.05) is 30.3 Å². The van der Waals surface area contributed by atoms with Crippen LogP contribution in [-0.2, 0) is 4.79 Å². The number of carbonyl (C=O) groups is 1. The largest absolute Gasteiger partial charge is 0.410 e. The van der Waals surface area contributed by atoms with Gasteiger partial charge in [-0.1, -0.05) is 35.5 Å². The summed E-state index contributed by atoms with van der Waals surface area (Å²) < 4.78 is 0. The summed E-state index contributed by atoms with van der Waals surface area (Å²) >= 11 is 0. The smallest absolute Gasteiger partial charge is 0.280 e. The molecule has 1 saturated heterocycles. The Morgan fingerprint density at radius 3 is 2.56 bits per heavy atom. The van der Waals surface area contributed by atoms with E-state index >= 15 is 0 Å². The lowest BCUT2D eigenvalue weighted by molar-refractivity contribution is -0.113. The Morgan fingerprint density at radius 2 is 2.00 bits per heavy atom. The van der Waals surface area contributed by atoms with Gasteiger partial charge >= 0.3 is 0 Å². The van der Waals surface area contributed by atoms with Crippen molar-refractivity contribution in [1.82, 2.24) is 5.32 Å². The number of hydrogen-bond acceptors (Lipinski definition) is 4. The summed E-state index contributed by atoms with van der Waals surface area (Å²) in [6.07, 6.45) is 1.65. The summed E-state index contributed by atoms with van der Waals surface area (Å²) in [7, 11) is 0. The molecule has 1 amide bonds. The Balaban J connectivity index is 2.35. The van der Waals surface area contributed by atoms with Crippen molar-refractivity contribution in [3.63, 3.8) is 0 Å². The van der Waals surface area contributed by atoms with Crippen LogP contribution in [0.2, 0.25) is 0 Å². The van der Waals surface area contributed by atoms with Crippen LogP contribution in [0, 0.1) is 5.41 Å². The molecule has 0 saturated carbocycles. The number of nitrogens with one attached hydrogen (secondary N) is 2. The molecule has 3 N–H and O–H groups in total. The van der Waals surface area contributed by atoms with Gasteiger partial charge in [-0.2, -0.15) is 0 Å². The van der Waals surface area contributed by atoms with Gasteiger partial charge in [0.15, 0.2) is 5.71 Å². The van der Waals surface area contributed by atoms with Crippen molar-refractivity contribution in [3.05, 3.63) is 41.6 Å². The highest BCUT2D eigenvalue weighted by Crippen LogP contribution is 2.10. The Hall–Kier alpha value is -2.43. The normalized spacial score (nSPS) is 20.5. The summed E-state index contributed by atoms with van der Waals surface area (Å²) in [5.74, 6) is -0.560. The van der Waals surface area contributed by atoms with Crippen LogP contribution in [-0.4, -0.2) is 22.5 Å². The fraction of sp³-hybridized carbons (Fsp3) is 0. The van der Waals surface area contributed by atoms with E-state index in [9.17, 15) is 4.79 Å². The Labute approximate surface area is 91.6 Å². The highest BCUT2D eigenvalue weighted by atomic mass is 16.4. The molecule has 1 aromatic rings. The standard InChI is InChI=1S/C11H9N3O2/c12-9-8(13-11(15)10(9)14-16)6-7-4-2-1-3-5-7/h1-6,12,16H,(H,13,15). The quantitative estimate of drug-likeness (QED) is 0.482.